The molecule has 1 heterocycles. The first-order valence-electron chi connectivity index (χ1n) is 6.15. The highest BCUT2D eigenvalue weighted by Crippen LogP contribution is 1.99. The molecule has 98 valence electrons. The van der Waals surface area contributed by atoms with Crippen LogP contribution in [0.1, 0.15) is 15.9 Å². The van der Waals surface area contributed by atoms with E-state index in [1.807, 2.05) is 30.3 Å². The molecule has 0 radical (unpaired) electrons. The Morgan fingerprint density at radius 1 is 1.21 bits per heavy atom. The van der Waals surface area contributed by atoms with Crippen LogP contribution in [0.2, 0.25) is 0 Å². The predicted molar refractivity (Wildman–Crippen MR) is 74.2 cm³/mol. The molecular weight excluding hydrogens is 240 g/mol. The third-order valence-electron chi connectivity index (χ3n) is 2.91. The van der Waals surface area contributed by atoms with Gasteiger partial charge in [0.25, 0.3) is 11.5 Å². The van der Waals surface area contributed by atoms with Gasteiger partial charge in [-0.1, -0.05) is 30.3 Å². The molecule has 2 rings (SSSR count). The van der Waals surface area contributed by atoms with Crippen LogP contribution in [0.4, 0.5) is 0 Å². The monoisotopic (exact) mass is 256 g/mol. The van der Waals surface area contributed by atoms with E-state index in [4.69, 9.17) is 0 Å². The maximum absolute atomic E-state index is 11.8. The van der Waals surface area contributed by atoms with Gasteiger partial charge in [0.05, 0.1) is 0 Å². The summed E-state index contributed by atoms with van der Waals surface area (Å²) in [5, 5.41) is 2.81. The van der Waals surface area contributed by atoms with E-state index in [1.165, 1.54) is 16.2 Å². The molecule has 0 aliphatic carbocycles. The number of hydrogen-bond donors (Lipinski definition) is 1. The summed E-state index contributed by atoms with van der Waals surface area (Å²) in [6, 6.07) is 12.9. The van der Waals surface area contributed by atoms with Gasteiger partial charge in [-0.15, -0.1) is 0 Å². The lowest BCUT2D eigenvalue weighted by Gasteiger charge is -2.05. The SMILES string of the molecule is Cn1ccc(C(=O)NCCc2ccccc2)cc1=O. The molecule has 0 unspecified atom stereocenters. The van der Waals surface area contributed by atoms with Crippen LogP contribution in [-0.2, 0) is 13.5 Å². The van der Waals surface area contributed by atoms with E-state index in [1.54, 1.807) is 19.3 Å². The first-order chi connectivity index (χ1) is 9.16. The van der Waals surface area contributed by atoms with Crippen molar-refractivity contribution >= 4 is 5.91 Å². The number of carbonyl (C=O) groups excluding carboxylic acids is 1. The fraction of sp³-hybridized carbons (Fsp3) is 0.200. The number of hydrogen-bond acceptors (Lipinski definition) is 2. The quantitative estimate of drug-likeness (QED) is 0.898. The Morgan fingerprint density at radius 2 is 1.95 bits per heavy atom. The third-order valence-corrected chi connectivity index (χ3v) is 2.91. The summed E-state index contributed by atoms with van der Waals surface area (Å²) in [7, 11) is 1.65. The van der Waals surface area contributed by atoms with Gasteiger partial charge in [-0.25, -0.2) is 0 Å². The third kappa shape index (κ3) is 3.55. The maximum atomic E-state index is 11.8. The molecule has 0 bridgehead atoms. The van der Waals surface area contributed by atoms with Gasteiger partial charge in [0, 0.05) is 31.4 Å². The Hall–Kier alpha value is -2.36. The van der Waals surface area contributed by atoms with Crippen molar-refractivity contribution in [2.45, 2.75) is 6.42 Å². The highest BCUT2D eigenvalue weighted by atomic mass is 16.2. The molecule has 0 fully saturated rings. The number of benzene rings is 1. The van der Waals surface area contributed by atoms with Crippen molar-refractivity contribution in [3.8, 4) is 0 Å². The van der Waals surface area contributed by atoms with E-state index in [0.717, 1.165) is 6.42 Å². The molecule has 1 amide bonds. The summed E-state index contributed by atoms with van der Waals surface area (Å²) in [5.74, 6) is -0.214. The Balaban J connectivity index is 1.91. The summed E-state index contributed by atoms with van der Waals surface area (Å²) >= 11 is 0. The number of pyridine rings is 1. The summed E-state index contributed by atoms with van der Waals surface area (Å²) in [5.41, 5.74) is 1.39. The minimum Gasteiger partial charge on any atom is -0.352 e. The molecule has 1 N–H and O–H groups in total. The zero-order chi connectivity index (χ0) is 13.7. The predicted octanol–water partition coefficient (Wildman–Crippen LogP) is 1.36. The fourth-order valence-corrected chi connectivity index (χ4v) is 1.76. The molecule has 4 nitrogen and oxygen atoms in total. The summed E-state index contributed by atoms with van der Waals surface area (Å²) in [6.07, 6.45) is 2.37. The fourth-order valence-electron chi connectivity index (χ4n) is 1.76. The molecular formula is C15H16N2O2. The number of aryl methyl sites for hydroxylation is 1. The maximum Gasteiger partial charge on any atom is 0.251 e. The number of nitrogens with zero attached hydrogens (tertiary/aromatic N) is 1. The van der Waals surface area contributed by atoms with Gasteiger partial charge in [-0.3, -0.25) is 9.59 Å². The lowest BCUT2D eigenvalue weighted by molar-refractivity contribution is 0.0954. The number of amides is 1. The molecule has 1 aromatic carbocycles. The van der Waals surface area contributed by atoms with Crippen molar-refractivity contribution in [1.29, 1.82) is 0 Å². The zero-order valence-electron chi connectivity index (χ0n) is 10.8. The second-order valence-corrected chi connectivity index (χ2v) is 4.36. The van der Waals surface area contributed by atoms with E-state index in [0.29, 0.717) is 12.1 Å². The molecule has 0 saturated carbocycles. The highest BCUT2D eigenvalue weighted by Gasteiger charge is 2.05. The average molecular weight is 256 g/mol. The van der Waals surface area contributed by atoms with Gasteiger partial charge in [-0.05, 0) is 18.1 Å². The number of nitrogens with one attached hydrogen (secondary N) is 1. The van der Waals surface area contributed by atoms with E-state index >= 15 is 0 Å². The minimum atomic E-state index is -0.214. The normalized spacial score (nSPS) is 10.2. The van der Waals surface area contributed by atoms with Crippen LogP contribution in [0, 0.1) is 0 Å². The van der Waals surface area contributed by atoms with Gasteiger partial charge in [0.2, 0.25) is 0 Å². The molecule has 4 heteroatoms. The Kier molecular flexibility index (Phi) is 4.13. The first kappa shape index (κ1) is 13.1. The lowest BCUT2D eigenvalue weighted by atomic mass is 10.1. The average Bonchev–Trinajstić information content (AvgIpc) is 2.43. The van der Waals surface area contributed by atoms with Crippen LogP contribution in [0.5, 0.6) is 0 Å². The summed E-state index contributed by atoms with van der Waals surface area (Å²) in [4.78, 5) is 23.3. The van der Waals surface area contributed by atoms with E-state index in [-0.39, 0.29) is 11.5 Å². The van der Waals surface area contributed by atoms with Crippen molar-refractivity contribution in [2.75, 3.05) is 6.54 Å². The van der Waals surface area contributed by atoms with Crippen LogP contribution in [0.15, 0.2) is 53.5 Å². The molecule has 0 aliphatic rings. The molecule has 2 aromatic rings. The minimum absolute atomic E-state index is 0.185. The largest absolute Gasteiger partial charge is 0.352 e. The first-order valence-corrected chi connectivity index (χ1v) is 6.15. The lowest BCUT2D eigenvalue weighted by Crippen LogP contribution is -2.27. The molecule has 0 spiro atoms. The topological polar surface area (TPSA) is 51.1 Å². The summed E-state index contributed by atoms with van der Waals surface area (Å²) < 4.78 is 1.43. The molecule has 0 aliphatic heterocycles. The number of rotatable bonds is 4. The molecule has 1 aromatic heterocycles. The highest BCUT2D eigenvalue weighted by molar-refractivity contribution is 5.93. The van der Waals surface area contributed by atoms with Crippen LogP contribution in [-0.4, -0.2) is 17.0 Å². The molecule has 0 atom stereocenters. The van der Waals surface area contributed by atoms with Crippen molar-refractivity contribution in [3.05, 3.63) is 70.1 Å². The Bertz CT molecular complexity index is 618. The van der Waals surface area contributed by atoms with Gasteiger partial charge < -0.3 is 9.88 Å². The van der Waals surface area contributed by atoms with Gasteiger partial charge in [-0.2, -0.15) is 0 Å². The van der Waals surface area contributed by atoms with Crippen molar-refractivity contribution < 1.29 is 4.79 Å². The van der Waals surface area contributed by atoms with E-state index < -0.39 is 0 Å². The van der Waals surface area contributed by atoms with Crippen LogP contribution in [0.3, 0.4) is 0 Å². The number of carbonyl (C=O) groups is 1. The van der Waals surface area contributed by atoms with Crippen molar-refractivity contribution in [3.63, 3.8) is 0 Å². The van der Waals surface area contributed by atoms with Crippen LogP contribution < -0.4 is 10.9 Å². The smallest absolute Gasteiger partial charge is 0.251 e. The van der Waals surface area contributed by atoms with Gasteiger partial charge in [0.1, 0.15) is 0 Å². The van der Waals surface area contributed by atoms with Crippen LogP contribution >= 0.6 is 0 Å². The van der Waals surface area contributed by atoms with Crippen molar-refractivity contribution in [1.82, 2.24) is 9.88 Å². The van der Waals surface area contributed by atoms with E-state index in [2.05, 4.69) is 5.32 Å². The second-order valence-electron chi connectivity index (χ2n) is 4.36. The summed E-state index contributed by atoms with van der Waals surface area (Å²) in [6.45, 7) is 0.554. The standard InChI is InChI=1S/C15H16N2O2/c1-17-10-8-13(11-14(17)18)15(19)16-9-7-12-5-3-2-4-6-12/h2-6,8,10-11H,7,9H2,1H3,(H,16,19). The zero-order valence-corrected chi connectivity index (χ0v) is 10.8. The Labute approximate surface area is 111 Å². The number of aromatic nitrogens is 1. The van der Waals surface area contributed by atoms with Crippen LogP contribution in [0.25, 0.3) is 0 Å². The van der Waals surface area contributed by atoms with Gasteiger partial charge in [0.15, 0.2) is 0 Å². The molecule has 19 heavy (non-hydrogen) atoms. The van der Waals surface area contributed by atoms with E-state index in [9.17, 15) is 9.59 Å². The molecule has 0 saturated heterocycles. The van der Waals surface area contributed by atoms with Crippen molar-refractivity contribution in [2.24, 2.45) is 7.05 Å². The second kappa shape index (κ2) is 6.00. The Morgan fingerprint density at radius 3 is 2.63 bits per heavy atom. The van der Waals surface area contributed by atoms with Gasteiger partial charge >= 0.3 is 0 Å².